The predicted octanol–water partition coefficient (Wildman–Crippen LogP) is 1.42. The Hall–Kier alpha value is -2.73. The fourth-order valence-electron chi connectivity index (χ4n) is 2.77. The highest BCUT2D eigenvalue weighted by molar-refractivity contribution is 5.91. The number of hydrogen-bond donors (Lipinski definition) is 3. The first-order valence-corrected chi connectivity index (χ1v) is 9.12. The van der Waals surface area contributed by atoms with E-state index in [0.29, 0.717) is 5.69 Å². The Kier molecular flexibility index (Phi) is 7.95. The van der Waals surface area contributed by atoms with Gasteiger partial charge in [-0.2, -0.15) is 0 Å². The van der Waals surface area contributed by atoms with Gasteiger partial charge in [-0.05, 0) is 49.6 Å². The summed E-state index contributed by atoms with van der Waals surface area (Å²) in [5.74, 6) is -0.652. The number of quaternary nitrogens is 1. The molecule has 2 atom stereocenters. The van der Waals surface area contributed by atoms with Crippen LogP contribution in [0.15, 0.2) is 54.6 Å². The van der Waals surface area contributed by atoms with Gasteiger partial charge in [0.15, 0.2) is 13.1 Å². The lowest BCUT2D eigenvalue weighted by atomic mass is 10.1. The average molecular weight is 372 g/mol. The molecule has 144 valence electrons. The lowest BCUT2D eigenvalue weighted by Crippen LogP contribution is -3.11. The second-order valence-corrected chi connectivity index (χ2v) is 6.86. The average Bonchev–Trinajstić information content (AvgIpc) is 2.62. The summed E-state index contributed by atoms with van der Waals surface area (Å²) in [7, 11) is 1.79. The topological polar surface area (TPSA) is 62.6 Å². The molecule has 2 aromatic carbocycles. The zero-order valence-electron chi connectivity index (χ0n) is 15.8. The zero-order chi connectivity index (χ0) is 19.6. The zero-order valence-corrected chi connectivity index (χ0v) is 15.8. The molecule has 0 radical (unpaired) electrons. The molecule has 27 heavy (non-hydrogen) atoms. The van der Waals surface area contributed by atoms with E-state index in [1.165, 1.54) is 29.8 Å². The maximum absolute atomic E-state index is 12.9. The molecule has 0 bridgehead atoms. The summed E-state index contributed by atoms with van der Waals surface area (Å²) in [6, 6.07) is 15.8. The number of nitrogens with one attached hydrogen (secondary N) is 3. The second kappa shape index (κ2) is 10.4. The minimum atomic E-state index is -0.353. The molecule has 0 heterocycles. The molecule has 0 saturated heterocycles. The highest BCUT2D eigenvalue weighted by Crippen LogP contribution is 2.07. The number of likely N-dealkylation sites (N-methyl/N-ethyl adjacent to an activating group) is 1. The molecular weight excluding hydrogens is 345 g/mol. The van der Waals surface area contributed by atoms with Crippen molar-refractivity contribution in [1.29, 1.82) is 0 Å². The number of carbonyl (C=O) groups excluding carboxylic acids is 2. The Morgan fingerprint density at radius 1 is 1.00 bits per heavy atom. The second-order valence-electron chi connectivity index (χ2n) is 6.86. The van der Waals surface area contributed by atoms with E-state index < -0.39 is 0 Å². The minimum absolute atomic E-state index is 0.0681. The molecule has 0 fully saturated rings. The van der Waals surface area contributed by atoms with Gasteiger partial charge in [0.2, 0.25) is 0 Å². The number of hydrogen-bond acceptors (Lipinski definition) is 2. The quantitative estimate of drug-likeness (QED) is 0.623. The molecule has 2 aromatic rings. The Morgan fingerprint density at radius 3 is 2.30 bits per heavy atom. The van der Waals surface area contributed by atoms with E-state index in [1.807, 2.05) is 25.1 Å². The number of anilines is 1. The van der Waals surface area contributed by atoms with E-state index in [4.69, 9.17) is 0 Å². The molecule has 0 saturated carbocycles. The van der Waals surface area contributed by atoms with Crippen LogP contribution in [0.25, 0.3) is 0 Å². The summed E-state index contributed by atoms with van der Waals surface area (Å²) < 4.78 is 12.9. The molecule has 6 heteroatoms. The van der Waals surface area contributed by atoms with Gasteiger partial charge in [0.05, 0.1) is 7.05 Å². The molecule has 0 spiro atoms. The van der Waals surface area contributed by atoms with Gasteiger partial charge in [-0.25, -0.2) is 4.39 Å². The molecule has 0 aliphatic heterocycles. The summed E-state index contributed by atoms with van der Waals surface area (Å²) in [6.45, 7) is 2.35. The van der Waals surface area contributed by atoms with Crippen LogP contribution in [-0.2, 0) is 16.0 Å². The smallest absolute Gasteiger partial charge is 0.279 e. The van der Waals surface area contributed by atoms with Crippen molar-refractivity contribution >= 4 is 17.5 Å². The van der Waals surface area contributed by atoms with Gasteiger partial charge < -0.3 is 15.5 Å². The lowest BCUT2D eigenvalue weighted by Gasteiger charge is -2.17. The van der Waals surface area contributed by atoms with Gasteiger partial charge in [-0.3, -0.25) is 9.59 Å². The Labute approximate surface area is 159 Å². The first-order valence-electron chi connectivity index (χ1n) is 9.12. The van der Waals surface area contributed by atoms with Crippen LogP contribution in [-0.4, -0.2) is 38.0 Å². The molecule has 5 nitrogen and oxygen atoms in total. The first-order chi connectivity index (χ1) is 12.9. The van der Waals surface area contributed by atoms with Crippen molar-refractivity contribution in [3.8, 4) is 0 Å². The van der Waals surface area contributed by atoms with E-state index in [-0.39, 0.29) is 36.8 Å². The molecule has 3 N–H and O–H groups in total. The van der Waals surface area contributed by atoms with Crippen LogP contribution in [0.3, 0.4) is 0 Å². The number of benzene rings is 2. The molecule has 1 unspecified atom stereocenters. The van der Waals surface area contributed by atoms with Crippen molar-refractivity contribution < 1.29 is 18.9 Å². The summed E-state index contributed by atoms with van der Waals surface area (Å²) in [4.78, 5) is 24.9. The van der Waals surface area contributed by atoms with Crippen LogP contribution in [0.1, 0.15) is 18.9 Å². The SMILES string of the molecule is C[C@@H](CCc1ccccc1)NC(=O)C[NH+](C)CC(=O)Nc1ccc(F)cc1. The third-order valence-electron chi connectivity index (χ3n) is 4.17. The molecule has 2 rings (SSSR count). The van der Waals surface area contributed by atoms with Crippen molar-refractivity contribution in [2.45, 2.75) is 25.8 Å². The monoisotopic (exact) mass is 372 g/mol. The van der Waals surface area contributed by atoms with E-state index in [9.17, 15) is 14.0 Å². The Morgan fingerprint density at radius 2 is 1.63 bits per heavy atom. The third-order valence-corrected chi connectivity index (χ3v) is 4.17. The van der Waals surface area contributed by atoms with Gasteiger partial charge in [-0.1, -0.05) is 30.3 Å². The summed E-state index contributed by atoms with van der Waals surface area (Å²) >= 11 is 0. The fraction of sp³-hybridized carbons (Fsp3) is 0.333. The first kappa shape index (κ1) is 20.6. The molecule has 2 amide bonds. The molecule has 0 aliphatic carbocycles. The minimum Gasteiger partial charge on any atom is -0.349 e. The van der Waals surface area contributed by atoms with Crippen LogP contribution < -0.4 is 15.5 Å². The van der Waals surface area contributed by atoms with Gasteiger partial charge in [0.1, 0.15) is 5.82 Å². The van der Waals surface area contributed by atoms with E-state index in [0.717, 1.165) is 17.7 Å². The van der Waals surface area contributed by atoms with Gasteiger partial charge in [0, 0.05) is 11.7 Å². The number of carbonyl (C=O) groups is 2. The number of aryl methyl sites for hydroxylation is 1. The largest absolute Gasteiger partial charge is 0.349 e. The number of rotatable bonds is 9. The third kappa shape index (κ3) is 8.00. The van der Waals surface area contributed by atoms with Crippen LogP contribution in [0.5, 0.6) is 0 Å². The highest BCUT2D eigenvalue weighted by atomic mass is 19.1. The molecular formula is C21H27FN3O2+. The maximum atomic E-state index is 12.9. The Balaban J connectivity index is 1.67. The van der Waals surface area contributed by atoms with Gasteiger partial charge in [-0.15, -0.1) is 0 Å². The van der Waals surface area contributed by atoms with Crippen molar-refractivity contribution in [1.82, 2.24) is 5.32 Å². The van der Waals surface area contributed by atoms with Crippen molar-refractivity contribution in [3.63, 3.8) is 0 Å². The van der Waals surface area contributed by atoms with Crippen LogP contribution in [0.4, 0.5) is 10.1 Å². The van der Waals surface area contributed by atoms with E-state index in [2.05, 4.69) is 22.8 Å². The summed E-state index contributed by atoms with van der Waals surface area (Å²) in [5.41, 5.74) is 1.78. The predicted molar refractivity (Wildman–Crippen MR) is 104 cm³/mol. The van der Waals surface area contributed by atoms with E-state index in [1.54, 1.807) is 7.05 Å². The van der Waals surface area contributed by atoms with Crippen LogP contribution >= 0.6 is 0 Å². The van der Waals surface area contributed by atoms with E-state index >= 15 is 0 Å². The molecule has 0 aliphatic rings. The standard InChI is InChI=1S/C21H26FN3O2/c1-16(8-9-17-6-4-3-5-7-17)23-20(26)14-25(2)15-21(27)24-19-12-10-18(22)11-13-19/h3-7,10-13,16H,8-9,14-15H2,1-2H3,(H,23,26)(H,24,27)/p+1/t16-/m0/s1. The molecule has 0 aromatic heterocycles. The highest BCUT2D eigenvalue weighted by Gasteiger charge is 2.16. The van der Waals surface area contributed by atoms with Crippen LogP contribution in [0.2, 0.25) is 0 Å². The fourth-order valence-corrected chi connectivity index (χ4v) is 2.77. The van der Waals surface area contributed by atoms with Crippen LogP contribution in [0, 0.1) is 5.82 Å². The van der Waals surface area contributed by atoms with Gasteiger partial charge in [0.25, 0.3) is 11.8 Å². The number of halogens is 1. The normalized spacial score (nSPS) is 12.9. The lowest BCUT2D eigenvalue weighted by molar-refractivity contribution is -0.862. The summed E-state index contributed by atoms with van der Waals surface area (Å²) in [6.07, 6.45) is 1.77. The maximum Gasteiger partial charge on any atom is 0.279 e. The van der Waals surface area contributed by atoms with Gasteiger partial charge >= 0.3 is 0 Å². The summed E-state index contributed by atoms with van der Waals surface area (Å²) in [5, 5.41) is 5.67. The Bertz CT molecular complexity index is 735. The van der Waals surface area contributed by atoms with Crippen molar-refractivity contribution in [2.24, 2.45) is 0 Å². The van der Waals surface area contributed by atoms with Crippen molar-refractivity contribution in [2.75, 3.05) is 25.5 Å². The van der Waals surface area contributed by atoms with Crippen molar-refractivity contribution in [3.05, 3.63) is 66.0 Å². The number of amides is 2.